The molecule has 2 N–H and O–H groups in total. The van der Waals surface area contributed by atoms with Gasteiger partial charge in [0.1, 0.15) is 5.76 Å². The number of fused-ring (bicyclic) bond motifs is 1. The molecule has 0 fully saturated rings. The zero-order valence-corrected chi connectivity index (χ0v) is 12.8. The number of carboxylic acid groups (broad SMARTS) is 2. The van der Waals surface area contributed by atoms with E-state index < -0.39 is 11.9 Å². The molecule has 4 rings (SSSR count). The standard InChI is InChI=1S/C10H6O.C9H8O4/c1-2-10(11-5-1)9-6-7-3-4-8(7)9;1-5-2-3-6(8(10)11)4-7(5)9(12)13/h1-6H;2-4H,1H3,(H,10,11)(H,12,13). The fraction of sp³-hybridized carbons (Fsp3) is 0.0526. The van der Waals surface area contributed by atoms with Gasteiger partial charge in [0.05, 0.1) is 17.4 Å². The lowest BCUT2D eigenvalue weighted by atomic mass is 9.85. The van der Waals surface area contributed by atoms with Gasteiger partial charge < -0.3 is 14.6 Å². The van der Waals surface area contributed by atoms with E-state index in [9.17, 15) is 9.59 Å². The summed E-state index contributed by atoms with van der Waals surface area (Å²) in [7, 11) is 0. The number of aryl methyl sites for hydroxylation is 1. The predicted molar refractivity (Wildman–Crippen MR) is 88.2 cm³/mol. The van der Waals surface area contributed by atoms with Gasteiger partial charge >= 0.3 is 11.9 Å². The smallest absolute Gasteiger partial charge is 0.335 e. The van der Waals surface area contributed by atoms with Crippen LogP contribution < -0.4 is 0 Å². The summed E-state index contributed by atoms with van der Waals surface area (Å²) < 4.78 is 5.25. The number of carbonyl (C=O) groups is 2. The molecule has 24 heavy (non-hydrogen) atoms. The van der Waals surface area contributed by atoms with E-state index in [2.05, 4.69) is 18.2 Å². The molecule has 120 valence electrons. The van der Waals surface area contributed by atoms with E-state index in [1.807, 2.05) is 12.1 Å². The van der Waals surface area contributed by atoms with Gasteiger partial charge in [-0.15, -0.1) is 0 Å². The third-order valence-corrected chi connectivity index (χ3v) is 3.83. The monoisotopic (exact) mass is 322 g/mol. The number of rotatable bonds is 3. The lowest BCUT2D eigenvalue weighted by Gasteiger charge is -2.18. The van der Waals surface area contributed by atoms with Crippen molar-refractivity contribution in [1.29, 1.82) is 0 Å². The predicted octanol–water partition coefficient (Wildman–Crippen LogP) is 4.32. The molecular weight excluding hydrogens is 308 g/mol. The highest BCUT2D eigenvalue weighted by Gasteiger charge is 2.18. The van der Waals surface area contributed by atoms with Crippen molar-refractivity contribution < 1.29 is 24.2 Å². The second-order valence-electron chi connectivity index (χ2n) is 5.38. The molecule has 2 aliphatic rings. The summed E-state index contributed by atoms with van der Waals surface area (Å²) in [5.74, 6) is -1.25. The first kappa shape index (κ1) is 15.6. The zero-order chi connectivity index (χ0) is 17.3. The third kappa shape index (κ3) is 2.79. The van der Waals surface area contributed by atoms with Gasteiger partial charge in [-0.2, -0.15) is 0 Å². The summed E-state index contributed by atoms with van der Waals surface area (Å²) >= 11 is 0. The van der Waals surface area contributed by atoms with Gasteiger partial charge in [-0.1, -0.05) is 18.2 Å². The Balaban J connectivity index is 0.000000142. The maximum Gasteiger partial charge on any atom is 0.335 e. The maximum atomic E-state index is 10.6. The van der Waals surface area contributed by atoms with Gasteiger partial charge in [0.2, 0.25) is 0 Å². The summed E-state index contributed by atoms with van der Waals surface area (Å²) in [5, 5.41) is 17.3. The molecule has 0 unspecified atom stereocenters. The Kier molecular flexibility index (Phi) is 3.92. The number of aromatic carboxylic acids is 2. The number of carboxylic acids is 2. The molecule has 0 aliphatic heterocycles. The normalized spacial score (nSPS) is 10.5. The van der Waals surface area contributed by atoms with Crippen LogP contribution in [0.3, 0.4) is 0 Å². The summed E-state index contributed by atoms with van der Waals surface area (Å²) in [6, 6.07) is 14.3. The minimum absolute atomic E-state index is 0.0111. The van der Waals surface area contributed by atoms with Crippen LogP contribution in [0.5, 0.6) is 0 Å². The Hall–Kier alpha value is -3.34. The van der Waals surface area contributed by atoms with E-state index in [1.54, 1.807) is 13.2 Å². The topological polar surface area (TPSA) is 87.7 Å². The van der Waals surface area contributed by atoms with E-state index in [0.29, 0.717) is 5.56 Å². The molecule has 0 spiro atoms. The van der Waals surface area contributed by atoms with Crippen LogP contribution in [0.25, 0.3) is 22.5 Å². The van der Waals surface area contributed by atoms with E-state index in [4.69, 9.17) is 14.6 Å². The SMILES string of the molecule is Cc1ccc(C(=O)O)cc1C(=O)O.c1coc(-c2cc3ccc2-3)c1. The largest absolute Gasteiger partial charge is 0.478 e. The molecule has 1 heterocycles. The molecular formula is C19H14O5. The number of benzene rings is 2. The van der Waals surface area contributed by atoms with Gasteiger partial charge in [-0.3, -0.25) is 0 Å². The Labute approximate surface area is 137 Å². The Morgan fingerprint density at radius 2 is 1.71 bits per heavy atom. The summed E-state index contributed by atoms with van der Waals surface area (Å²) in [6.07, 6.45) is 1.71. The van der Waals surface area contributed by atoms with Gasteiger partial charge in [0.15, 0.2) is 0 Å². The van der Waals surface area contributed by atoms with Crippen LogP contribution in [0.2, 0.25) is 0 Å². The average molecular weight is 322 g/mol. The first-order valence-electron chi connectivity index (χ1n) is 7.23. The third-order valence-electron chi connectivity index (χ3n) is 3.83. The van der Waals surface area contributed by atoms with E-state index in [1.165, 1.54) is 28.8 Å². The highest BCUT2D eigenvalue weighted by atomic mass is 16.4. The molecule has 2 aliphatic carbocycles. The Bertz CT molecular complexity index is 923. The molecule has 0 radical (unpaired) electrons. The maximum absolute atomic E-state index is 10.6. The molecule has 5 nitrogen and oxygen atoms in total. The minimum Gasteiger partial charge on any atom is -0.478 e. The van der Waals surface area contributed by atoms with Crippen molar-refractivity contribution in [2.24, 2.45) is 0 Å². The van der Waals surface area contributed by atoms with Gasteiger partial charge in [-0.25, -0.2) is 9.59 Å². The van der Waals surface area contributed by atoms with Gasteiger partial charge in [0, 0.05) is 5.56 Å². The summed E-state index contributed by atoms with van der Waals surface area (Å²) in [5.41, 5.74) is 4.52. The molecule has 1 aromatic heterocycles. The van der Waals surface area contributed by atoms with E-state index >= 15 is 0 Å². The quantitative estimate of drug-likeness (QED) is 0.586. The minimum atomic E-state index is -1.12. The van der Waals surface area contributed by atoms with Crippen LogP contribution in [0.15, 0.2) is 59.2 Å². The lowest BCUT2D eigenvalue weighted by molar-refractivity contribution is 0.0695. The van der Waals surface area contributed by atoms with Crippen molar-refractivity contribution in [2.45, 2.75) is 6.92 Å². The second kappa shape index (κ2) is 6.04. The van der Waals surface area contributed by atoms with Crippen molar-refractivity contribution in [3.05, 3.63) is 71.5 Å². The van der Waals surface area contributed by atoms with Gasteiger partial charge in [0.25, 0.3) is 0 Å². The highest BCUT2D eigenvalue weighted by Crippen LogP contribution is 2.43. The lowest BCUT2D eigenvalue weighted by Crippen LogP contribution is -2.03. The van der Waals surface area contributed by atoms with E-state index in [0.717, 1.165) is 11.8 Å². The van der Waals surface area contributed by atoms with Crippen molar-refractivity contribution in [3.63, 3.8) is 0 Å². The van der Waals surface area contributed by atoms with Crippen molar-refractivity contribution >= 4 is 11.9 Å². The first-order valence-corrected chi connectivity index (χ1v) is 7.23. The molecule has 1 aromatic carbocycles. The van der Waals surface area contributed by atoms with E-state index in [-0.39, 0.29) is 11.1 Å². The average Bonchev–Trinajstić information content (AvgIpc) is 3.04. The Morgan fingerprint density at radius 3 is 2.17 bits per heavy atom. The van der Waals surface area contributed by atoms with Crippen LogP contribution in [0.1, 0.15) is 26.3 Å². The number of hydrogen-bond donors (Lipinski definition) is 2. The molecule has 5 heteroatoms. The van der Waals surface area contributed by atoms with Crippen molar-refractivity contribution in [1.82, 2.24) is 0 Å². The van der Waals surface area contributed by atoms with Crippen LogP contribution in [-0.2, 0) is 0 Å². The number of furan rings is 1. The fourth-order valence-corrected chi connectivity index (χ4v) is 2.41. The van der Waals surface area contributed by atoms with Crippen LogP contribution in [-0.4, -0.2) is 22.2 Å². The van der Waals surface area contributed by atoms with Crippen LogP contribution >= 0.6 is 0 Å². The molecule has 0 atom stereocenters. The number of hydrogen-bond acceptors (Lipinski definition) is 3. The summed E-state index contributed by atoms with van der Waals surface area (Å²) in [4.78, 5) is 21.1. The van der Waals surface area contributed by atoms with Gasteiger partial charge in [-0.05, 0) is 53.9 Å². The molecule has 2 aromatic rings. The molecule has 0 bridgehead atoms. The molecule has 0 amide bonds. The van der Waals surface area contributed by atoms with Crippen molar-refractivity contribution in [3.8, 4) is 22.5 Å². The highest BCUT2D eigenvalue weighted by molar-refractivity contribution is 5.95. The second-order valence-corrected chi connectivity index (χ2v) is 5.38. The first-order chi connectivity index (χ1) is 11.5. The van der Waals surface area contributed by atoms with Crippen LogP contribution in [0.4, 0.5) is 0 Å². The Morgan fingerprint density at radius 1 is 0.917 bits per heavy atom. The summed E-state index contributed by atoms with van der Waals surface area (Å²) in [6.45, 7) is 1.62. The van der Waals surface area contributed by atoms with Crippen molar-refractivity contribution in [2.75, 3.05) is 0 Å². The molecule has 0 saturated heterocycles. The van der Waals surface area contributed by atoms with Crippen LogP contribution in [0, 0.1) is 6.92 Å². The fourth-order valence-electron chi connectivity index (χ4n) is 2.41. The molecule has 0 saturated carbocycles. The zero-order valence-electron chi connectivity index (χ0n) is 12.8.